The fourth-order valence-corrected chi connectivity index (χ4v) is 5.20. The lowest BCUT2D eigenvalue weighted by molar-refractivity contribution is -0.586. The van der Waals surface area contributed by atoms with Crippen molar-refractivity contribution in [3.8, 4) is 22.6 Å². The third-order valence-electron chi connectivity index (χ3n) is 5.85. The van der Waals surface area contributed by atoms with Gasteiger partial charge in [-0.1, -0.05) is 18.6 Å². The first-order valence-corrected chi connectivity index (χ1v) is 11.5. The van der Waals surface area contributed by atoms with Gasteiger partial charge in [0.15, 0.2) is 0 Å². The fraction of sp³-hybridized carbons (Fsp3) is 0.240. The third-order valence-corrected chi connectivity index (χ3v) is 7.18. The van der Waals surface area contributed by atoms with Gasteiger partial charge in [0.2, 0.25) is 0 Å². The summed E-state index contributed by atoms with van der Waals surface area (Å²) in [4.78, 5) is 4.30. The highest BCUT2D eigenvalue weighted by molar-refractivity contribution is 8.00. The number of aromatic nitrogens is 2. The molecule has 31 heavy (non-hydrogen) atoms. The summed E-state index contributed by atoms with van der Waals surface area (Å²) in [5.74, 6) is 1.51. The van der Waals surface area contributed by atoms with E-state index in [9.17, 15) is 5.21 Å². The topological polar surface area (TPSA) is 78.0 Å². The summed E-state index contributed by atoms with van der Waals surface area (Å²) < 4.78 is 7.28. The van der Waals surface area contributed by atoms with Crippen LogP contribution in [0.2, 0.25) is 0 Å². The van der Waals surface area contributed by atoms with E-state index in [1.165, 1.54) is 24.2 Å². The van der Waals surface area contributed by atoms with Crippen molar-refractivity contribution in [1.82, 2.24) is 4.98 Å². The van der Waals surface area contributed by atoms with Crippen molar-refractivity contribution in [2.24, 2.45) is 5.73 Å². The predicted octanol–water partition coefficient (Wildman–Crippen LogP) is 5.67. The molecular formula is C25H25N3O2S. The minimum Gasteiger partial charge on any atom is -0.710 e. The molecule has 0 saturated heterocycles. The highest BCUT2D eigenvalue weighted by Crippen LogP contribution is 2.42. The van der Waals surface area contributed by atoms with Crippen molar-refractivity contribution < 1.29 is 9.47 Å². The van der Waals surface area contributed by atoms with Gasteiger partial charge in [-0.05, 0) is 67.8 Å². The maximum absolute atomic E-state index is 12.5. The van der Waals surface area contributed by atoms with Crippen molar-refractivity contribution in [3.05, 3.63) is 77.3 Å². The Kier molecular flexibility index (Phi) is 5.34. The number of aryl methyl sites for hydroxylation is 1. The molecule has 158 valence electrons. The number of rotatable bonds is 6. The Bertz CT molecular complexity index is 1250. The monoisotopic (exact) mass is 431 g/mol. The van der Waals surface area contributed by atoms with Crippen LogP contribution in [0.25, 0.3) is 22.2 Å². The summed E-state index contributed by atoms with van der Waals surface area (Å²) in [6.45, 7) is 2.29. The van der Waals surface area contributed by atoms with Crippen molar-refractivity contribution in [2.45, 2.75) is 42.9 Å². The van der Waals surface area contributed by atoms with Gasteiger partial charge in [-0.25, -0.2) is 9.71 Å². The first kappa shape index (κ1) is 20.0. The Hall–Kier alpha value is -2.96. The van der Waals surface area contributed by atoms with Gasteiger partial charge >= 0.3 is 0 Å². The van der Waals surface area contributed by atoms with Crippen molar-refractivity contribution >= 4 is 22.8 Å². The molecule has 0 atom stereocenters. The van der Waals surface area contributed by atoms with Gasteiger partial charge in [0.05, 0.1) is 11.6 Å². The number of H-pyrrole nitrogens is 1. The number of ether oxygens (including phenoxy) is 1. The van der Waals surface area contributed by atoms with Crippen molar-refractivity contribution in [3.63, 3.8) is 0 Å². The van der Waals surface area contributed by atoms with E-state index in [1.807, 2.05) is 61.2 Å². The SMILES string of the molecule is Cc1cc(-c2cc(SC3CCC3)ccc2Oc2cccc(CN)c2)c2cc[nH]c2[n+]1[O-]. The number of aromatic amines is 1. The van der Waals surface area contributed by atoms with Crippen molar-refractivity contribution in [2.75, 3.05) is 0 Å². The second-order valence-corrected chi connectivity index (χ2v) is 9.39. The second-order valence-electron chi connectivity index (χ2n) is 8.02. The van der Waals surface area contributed by atoms with Crippen LogP contribution in [-0.4, -0.2) is 10.2 Å². The Labute approximate surface area is 185 Å². The van der Waals surface area contributed by atoms with E-state index < -0.39 is 0 Å². The normalized spacial score (nSPS) is 14.0. The first-order chi connectivity index (χ1) is 15.1. The van der Waals surface area contributed by atoms with E-state index in [2.05, 4.69) is 17.1 Å². The molecule has 3 N–H and O–H groups in total. The van der Waals surface area contributed by atoms with Crippen LogP contribution in [0.1, 0.15) is 30.5 Å². The van der Waals surface area contributed by atoms with E-state index in [0.29, 0.717) is 23.1 Å². The van der Waals surface area contributed by atoms with Gasteiger partial charge in [-0.3, -0.25) is 0 Å². The molecule has 4 aromatic rings. The molecule has 1 aliphatic carbocycles. The number of pyridine rings is 1. The molecule has 0 radical (unpaired) electrons. The lowest BCUT2D eigenvalue weighted by Crippen LogP contribution is -2.31. The fourth-order valence-electron chi connectivity index (χ4n) is 3.92. The molecule has 2 aromatic carbocycles. The molecule has 5 rings (SSSR count). The zero-order valence-corrected chi connectivity index (χ0v) is 18.2. The van der Waals surface area contributed by atoms with Crippen LogP contribution in [0.3, 0.4) is 0 Å². The molecule has 1 saturated carbocycles. The molecule has 1 aliphatic rings. The van der Waals surface area contributed by atoms with Gasteiger partial charge in [-0.2, -0.15) is 0 Å². The maximum atomic E-state index is 12.5. The molecule has 2 aromatic heterocycles. The summed E-state index contributed by atoms with van der Waals surface area (Å²) in [7, 11) is 0. The van der Waals surface area contributed by atoms with Gasteiger partial charge in [0.25, 0.3) is 5.65 Å². The molecule has 2 heterocycles. The van der Waals surface area contributed by atoms with Crippen LogP contribution >= 0.6 is 11.8 Å². The molecule has 1 fully saturated rings. The Morgan fingerprint density at radius 1 is 1.13 bits per heavy atom. The number of thioether (sulfide) groups is 1. The largest absolute Gasteiger partial charge is 0.710 e. The Morgan fingerprint density at radius 3 is 2.77 bits per heavy atom. The van der Waals surface area contributed by atoms with Gasteiger partial charge < -0.3 is 15.7 Å². The van der Waals surface area contributed by atoms with E-state index >= 15 is 0 Å². The van der Waals surface area contributed by atoms with E-state index in [1.54, 1.807) is 6.20 Å². The minimum absolute atomic E-state index is 0.465. The summed E-state index contributed by atoms with van der Waals surface area (Å²) in [5.41, 5.74) is 9.99. The highest BCUT2D eigenvalue weighted by Gasteiger charge is 2.21. The number of hydrogen-bond donors (Lipinski definition) is 2. The first-order valence-electron chi connectivity index (χ1n) is 10.6. The molecule has 5 nitrogen and oxygen atoms in total. The molecule has 0 aliphatic heterocycles. The summed E-state index contributed by atoms with van der Waals surface area (Å²) in [5, 5.41) is 14.1. The summed E-state index contributed by atoms with van der Waals surface area (Å²) in [6, 6.07) is 18.1. The van der Waals surface area contributed by atoms with Crippen molar-refractivity contribution in [1.29, 1.82) is 0 Å². The van der Waals surface area contributed by atoms with Crippen LogP contribution in [0.5, 0.6) is 11.5 Å². The van der Waals surface area contributed by atoms with E-state index in [0.717, 1.165) is 38.3 Å². The molecular weight excluding hydrogens is 406 g/mol. The second kappa shape index (κ2) is 8.29. The molecule has 6 heteroatoms. The molecule has 0 bridgehead atoms. The standard InChI is InChI=1S/C25H25N3O2S/c1-16-12-22(21-10-11-27-25(21)28(16)29)23-14-20(31-19-6-3-7-19)8-9-24(23)30-18-5-2-4-17(13-18)15-26/h2,4-5,8-14,19,27H,3,6-7,15,26H2,1H3. The van der Waals surface area contributed by atoms with Gasteiger partial charge in [-0.15, -0.1) is 11.8 Å². The quantitative estimate of drug-likeness (QED) is 0.304. The average molecular weight is 432 g/mol. The molecule has 0 spiro atoms. The zero-order chi connectivity index (χ0) is 21.4. The summed E-state index contributed by atoms with van der Waals surface area (Å²) in [6.07, 6.45) is 5.66. The molecule has 0 unspecified atom stereocenters. The number of nitrogens with two attached hydrogens (primary N) is 1. The Morgan fingerprint density at radius 2 is 2.00 bits per heavy atom. The maximum Gasteiger partial charge on any atom is 0.290 e. The third kappa shape index (κ3) is 3.89. The number of hydrogen-bond acceptors (Lipinski definition) is 4. The highest BCUT2D eigenvalue weighted by atomic mass is 32.2. The van der Waals surface area contributed by atoms with Crippen LogP contribution in [0, 0.1) is 12.1 Å². The van der Waals surface area contributed by atoms with Crippen LogP contribution in [0.4, 0.5) is 0 Å². The van der Waals surface area contributed by atoms with Crippen LogP contribution in [0.15, 0.2) is 65.7 Å². The Balaban J connectivity index is 1.63. The van der Waals surface area contributed by atoms with E-state index in [4.69, 9.17) is 10.5 Å². The van der Waals surface area contributed by atoms with E-state index in [-0.39, 0.29) is 0 Å². The average Bonchev–Trinajstić information content (AvgIpc) is 3.25. The number of nitrogens with zero attached hydrogens (tertiary/aromatic N) is 1. The van der Waals surface area contributed by atoms with Crippen LogP contribution < -0.4 is 15.2 Å². The lowest BCUT2D eigenvalue weighted by atomic mass is 10.00. The summed E-state index contributed by atoms with van der Waals surface area (Å²) >= 11 is 1.93. The smallest absolute Gasteiger partial charge is 0.290 e. The zero-order valence-electron chi connectivity index (χ0n) is 17.4. The predicted molar refractivity (Wildman–Crippen MR) is 125 cm³/mol. The van der Waals surface area contributed by atoms with Gasteiger partial charge in [0.1, 0.15) is 17.2 Å². The van der Waals surface area contributed by atoms with Crippen LogP contribution in [-0.2, 0) is 6.54 Å². The minimum atomic E-state index is 0.465. The number of nitrogens with one attached hydrogen (secondary N) is 1. The number of fused-ring (bicyclic) bond motifs is 1. The number of benzene rings is 2. The van der Waals surface area contributed by atoms with Gasteiger partial charge in [0, 0.05) is 27.8 Å². The molecule has 0 amide bonds. The lowest BCUT2D eigenvalue weighted by Gasteiger charge is -2.25.